The Labute approximate surface area is 107 Å². The van der Waals surface area contributed by atoms with Gasteiger partial charge in [0.1, 0.15) is 5.78 Å². The van der Waals surface area contributed by atoms with Gasteiger partial charge in [-0.15, -0.1) is 0 Å². The Morgan fingerprint density at radius 1 is 1.06 bits per heavy atom. The van der Waals surface area contributed by atoms with Gasteiger partial charge in [-0.2, -0.15) is 16.8 Å². The molecular weight excluding hydrogens is 284 g/mol. The maximum Gasteiger partial charge on any atom is 0.264 e. The van der Waals surface area contributed by atoms with Gasteiger partial charge in [0, 0.05) is 6.42 Å². The molecule has 1 aliphatic carbocycles. The molecule has 9 heteroatoms. The molecule has 1 aliphatic rings. The van der Waals surface area contributed by atoms with E-state index in [9.17, 15) is 21.6 Å². The lowest BCUT2D eigenvalue weighted by Crippen LogP contribution is -2.37. The van der Waals surface area contributed by atoms with Crippen LogP contribution >= 0.6 is 0 Å². The zero-order valence-electron chi connectivity index (χ0n) is 10.2. The summed E-state index contributed by atoms with van der Waals surface area (Å²) in [5.74, 6) is -0.227. The fourth-order valence-electron chi connectivity index (χ4n) is 1.78. The summed E-state index contributed by atoms with van der Waals surface area (Å²) < 4.78 is 53.0. The molecule has 0 atom stereocenters. The first kappa shape index (κ1) is 15.5. The van der Waals surface area contributed by atoms with Gasteiger partial charge in [-0.05, 0) is 12.8 Å². The van der Waals surface area contributed by atoms with E-state index in [0.717, 1.165) is 12.5 Å². The van der Waals surface area contributed by atoms with E-state index in [1.807, 2.05) is 0 Å². The van der Waals surface area contributed by atoms with Crippen molar-refractivity contribution in [2.45, 2.75) is 19.3 Å². The second-order valence-electron chi connectivity index (χ2n) is 4.49. The Morgan fingerprint density at radius 2 is 1.50 bits per heavy atom. The molecule has 1 saturated carbocycles. The second-order valence-corrected chi connectivity index (χ2v) is 7.78. The third kappa shape index (κ3) is 4.63. The summed E-state index contributed by atoms with van der Waals surface area (Å²) >= 11 is 0. The summed E-state index contributed by atoms with van der Waals surface area (Å²) in [6, 6.07) is 0. The lowest BCUT2D eigenvalue weighted by molar-refractivity contribution is -0.128. The highest BCUT2D eigenvalue weighted by Gasteiger charge is 2.44. The van der Waals surface area contributed by atoms with Crippen molar-refractivity contribution in [1.29, 1.82) is 0 Å². The van der Waals surface area contributed by atoms with E-state index < -0.39 is 25.7 Å². The van der Waals surface area contributed by atoms with Crippen molar-refractivity contribution in [3.8, 4) is 0 Å². The fraction of sp³-hybridized carbons (Fsp3) is 0.889. The third-order valence-electron chi connectivity index (χ3n) is 2.75. The highest BCUT2D eigenvalue weighted by Crippen LogP contribution is 2.36. The number of carbonyl (C=O) groups is 1. The van der Waals surface area contributed by atoms with Gasteiger partial charge in [-0.1, -0.05) is 0 Å². The number of carbonyl (C=O) groups excluding carboxylic acids is 1. The highest BCUT2D eigenvalue weighted by molar-refractivity contribution is 7.86. The van der Waals surface area contributed by atoms with Gasteiger partial charge in [0.15, 0.2) is 0 Å². The van der Waals surface area contributed by atoms with Crippen LogP contribution in [0.2, 0.25) is 0 Å². The van der Waals surface area contributed by atoms with E-state index in [2.05, 4.69) is 8.37 Å². The Bertz CT molecular complexity index is 481. The van der Waals surface area contributed by atoms with Gasteiger partial charge in [0.25, 0.3) is 20.2 Å². The van der Waals surface area contributed by atoms with E-state index in [1.54, 1.807) is 0 Å². The summed E-state index contributed by atoms with van der Waals surface area (Å²) in [5.41, 5.74) is -1.17. The summed E-state index contributed by atoms with van der Waals surface area (Å²) in [6.45, 7) is -0.750. The van der Waals surface area contributed by atoms with Gasteiger partial charge in [0.05, 0.1) is 31.1 Å². The van der Waals surface area contributed by atoms with Crippen LogP contribution in [-0.2, 0) is 33.4 Å². The monoisotopic (exact) mass is 300 g/mol. The predicted octanol–water partition coefficient (Wildman–Crippen LogP) is -0.322. The van der Waals surface area contributed by atoms with Crippen LogP contribution in [0, 0.1) is 5.41 Å². The first-order chi connectivity index (χ1) is 8.04. The molecule has 0 radical (unpaired) electrons. The van der Waals surface area contributed by atoms with E-state index in [1.165, 1.54) is 0 Å². The lowest BCUT2D eigenvalue weighted by Gasteiger charge is -2.25. The molecule has 106 valence electrons. The van der Waals surface area contributed by atoms with Crippen molar-refractivity contribution in [3.63, 3.8) is 0 Å². The molecule has 7 nitrogen and oxygen atoms in total. The molecule has 1 rings (SSSR count). The van der Waals surface area contributed by atoms with Crippen molar-refractivity contribution >= 4 is 26.0 Å². The Morgan fingerprint density at radius 3 is 1.78 bits per heavy atom. The van der Waals surface area contributed by atoms with Crippen LogP contribution in [0.5, 0.6) is 0 Å². The maximum atomic E-state index is 11.8. The van der Waals surface area contributed by atoms with Crippen LogP contribution in [0.3, 0.4) is 0 Å². The van der Waals surface area contributed by atoms with Gasteiger partial charge in [-0.25, -0.2) is 0 Å². The average molecular weight is 300 g/mol. The smallest absolute Gasteiger partial charge is 0.264 e. The third-order valence-corrected chi connectivity index (χ3v) is 3.84. The topological polar surface area (TPSA) is 104 Å². The van der Waals surface area contributed by atoms with Gasteiger partial charge >= 0.3 is 0 Å². The molecule has 0 saturated heterocycles. The Balaban J connectivity index is 2.80. The molecule has 0 bridgehead atoms. The first-order valence-electron chi connectivity index (χ1n) is 5.26. The number of hydrogen-bond acceptors (Lipinski definition) is 7. The largest absolute Gasteiger partial charge is 0.299 e. The fourth-order valence-corrected chi connectivity index (χ4v) is 2.66. The van der Waals surface area contributed by atoms with Crippen LogP contribution < -0.4 is 0 Å². The summed E-state index contributed by atoms with van der Waals surface area (Å²) in [5, 5.41) is 0. The zero-order chi connectivity index (χ0) is 14.0. The first-order valence-corrected chi connectivity index (χ1v) is 8.90. The van der Waals surface area contributed by atoms with E-state index >= 15 is 0 Å². The molecule has 1 fully saturated rings. The molecule has 0 aromatic heterocycles. The van der Waals surface area contributed by atoms with Crippen LogP contribution in [-0.4, -0.2) is 48.3 Å². The minimum atomic E-state index is -3.68. The van der Waals surface area contributed by atoms with Crippen LogP contribution in [0.15, 0.2) is 0 Å². The quantitative estimate of drug-likeness (QED) is 0.619. The van der Waals surface area contributed by atoms with Crippen molar-refractivity contribution < 1.29 is 30.0 Å². The van der Waals surface area contributed by atoms with Gasteiger partial charge in [0.2, 0.25) is 0 Å². The van der Waals surface area contributed by atoms with Crippen LogP contribution in [0.25, 0.3) is 0 Å². The number of ketones is 1. The maximum absolute atomic E-state index is 11.8. The van der Waals surface area contributed by atoms with E-state index in [4.69, 9.17) is 0 Å². The second kappa shape index (κ2) is 5.24. The highest BCUT2D eigenvalue weighted by atomic mass is 32.2. The zero-order valence-corrected chi connectivity index (χ0v) is 11.8. The lowest BCUT2D eigenvalue weighted by atomic mass is 9.87. The van der Waals surface area contributed by atoms with Crippen molar-refractivity contribution in [3.05, 3.63) is 0 Å². The minimum Gasteiger partial charge on any atom is -0.299 e. The van der Waals surface area contributed by atoms with E-state index in [-0.39, 0.29) is 25.4 Å². The van der Waals surface area contributed by atoms with Crippen molar-refractivity contribution in [2.24, 2.45) is 5.41 Å². The molecule has 0 unspecified atom stereocenters. The summed E-state index contributed by atoms with van der Waals surface area (Å²) in [4.78, 5) is 11.8. The molecule has 0 aromatic rings. The Hall–Kier alpha value is -0.510. The van der Waals surface area contributed by atoms with Gasteiger partial charge < -0.3 is 0 Å². The molecule has 0 spiro atoms. The van der Waals surface area contributed by atoms with Crippen molar-refractivity contribution in [2.75, 3.05) is 25.7 Å². The Kier molecular flexibility index (Phi) is 4.52. The van der Waals surface area contributed by atoms with Crippen molar-refractivity contribution in [1.82, 2.24) is 0 Å². The normalized spacial score (nSPS) is 20.2. The molecule has 0 aliphatic heterocycles. The number of rotatable bonds is 6. The summed E-state index contributed by atoms with van der Waals surface area (Å²) in [6.07, 6.45) is 2.95. The molecule has 0 aromatic carbocycles. The number of Topliss-reactive ketones (excluding diaryl/α,β-unsaturated/α-hetero) is 1. The minimum absolute atomic E-state index is 0.227. The van der Waals surface area contributed by atoms with Gasteiger partial charge in [-0.3, -0.25) is 13.2 Å². The average Bonchev–Trinajstić information content (AvgIpc) is 2.53. The molecule has 0 amide bonds. The van der Waals surface area contributed by atoms with Crippen LogP contribution in [0.4, 0.5) is 0 Å². The standard InChI is InChI=1S/C9H16O7S2/c1-17(11,12)15-6-9(5-3-4-8(9)10)7-16-18(2,13)14/h3-7H2,1-2H3. The molecule has 0 heterocycles. The molecule has 0 N–H and O–H groups in total. The predicted molar refractivity (Wildman–Crippen MR) is 62.9 cm³/mol. The molecular formula is C9H16O7S2. The SMILES string of the molecule is CS(=O)(=O)OCC1(COS(C)(=O)=O)CCCC1=O. The molecule has 18 heavy (non-hydrogen) atoms. The summed E-state index contributed by atoms with van der Waals surface area (Å²) in [7, 11) is -7.37. The van der Waals surface area contributed by atoms with Crippen LogP contribution in [0.1, 0.15) is 19.3 Å². The number of hydrogen-bond donors (Lipinski definition) is 0. The van der Waals surface area contributed by atoms with E-state index in [0.29, 0.717) is 12.8 Å².